The van der Waals surface area contributed by atoms with E-state index < -0.39 is 44.4 Å². The summed E-state index contributed by atoms with van der Waals surface area (Å²) in [5, 5.41) is 0. The first-order chi connectivity index (χ1) is 12.5. The summed E-state index contributed by atoms with van der Waals surface area (Å²) in [7, 11) is -3.19. The number of rotatable bonds is 3. The van der Waals surface area contributed by atoms with Gasteiger partial charge in [0.05, 0.1) is 13.7 Å². The van der Waals surface area contributed by atoms with Crippen molar-refractivity contribution in [2.24, 2.45) is 0 Å². The fourth-order valence-electron chi connectivity index (χ4n) is 2.65. The third-order valence-electron chi connectivity index (χ3n) is 3.88. The van der Waals surface area contributed by atoms with Crippen molar-refractivity contribution in [3.05, 3.63) is 30.1 Å². The summed E-state index contributed by atoms with van der Waals surface area (Å²) in [6, 6.07) is 3.60. The van der Waals surface area contributed by atoms with Crippen molar-refractivity contribution in [1.29, 1.82) is 0 Å². The summed E-state index contributed by atoms with van der Waals surface area (Å²) in [4.78, 5) is 25.2. The maximum absolute atomic E-state index is 14.0. The molecule has 150 valence electrons. The van der Waals surface area contributed by atoms with E-state index in [0.29, 0.717) is 0 Å². The Morgan fingerprint density at radius 1 is 1.19 bits per heavy atom. The second kappa shape index (κ2) is 7.81. The first kappa shape index (κ1) is 21.1. The molecule has 0 aromatic heterocycles. The molecule has 0 aliphatic carbocycles. The fourth-order valence-corrected chi connectivity index (χ4v) is 4.28. The van der Waals surface area contributed by atoms with Crippen LogP contribution in [0.5, 0.6) is 0 Å². The summed E-state index contributed by atoms with van der Waals surface area (Å²) in [5.74, 6) is -1.76. The predicted molar refractivity (Wildman–Crippen MR) is 93.9 cm³/mol. The molecule has 0 bridgehead atoms. The lowest BCUT2D eigenvalue weighted by Gasteiger charge is -2.39. The number of carbonyl (C=O) groups is 2. The highest BCUT2D eigenvalue weighted by atomic mass is 32.2. The van der Waals surface area contributed by atoms with Crippen LogP contribution in [0.4, 0.5) is 9.18 Å². The van der Waals surface area contributed by atoms with Crippen molar-refractivity contribution < 1.29 is 31.9 Å². The number of carbonyl (C=O) groups excluding carboxylic acids is 2. The molecule has 27 heavy (non-hydrogen) atoms. The topological polar surface area (TPSA) is 93.2 Å². The van der Waals surface area contributed by atoms with E-state index in [0.717, 1.165) is 23.5 Å². The number of nitrogens with zero attached hydrogens (tertiary/aromatic N) is 2. The van der Waals surface area contributed by atoms with E-state index in [4.69, 9.17) is 9.47 Å². The van der Waals surface area contributed by atoms with Crippen LogP contribution in [0.1, 0.15) is 20.8 Å². The minimum Gasteiger partial charge on any atom is -0.468 e. The number of halogens is 1. The molecule has 0 N–H and O–H groups in total. The van der Waals surface area contributed by atoms with Gasteiger partial charge in [0.1, 0.15) is 22.4 Å². The largest absolute Gasteiger partial charge is 0.468 e. The highest BCUT2D eigenvalue weighted by Crippen LogP contribution is 2.25. The maximum atomic E-state index is 14.0. The van der Waals surface area contributed by atoms with Gasteiger partial charge in [-0.2, -0.15) is 4.31 Å². The lowest BCUT2D eigenvalue weighted by atomic mass is 10.2. The molecule has 0 spiro atoms. The Hall–Kier alpha value is -2.20. The fraction of sp³-hybridized carbons (Fsp3) is 0.529. The average molecular weight is 402 g/mol. The summed E-state index contributed by atoms with van der Waals surface area (Å²) < 4.78 is 50.6. The zero-order chi connectivity index (χ0) is 20.4. The third-order valence-corrected chi connectivity index (χ3v) is 5.82. The lowest BCUT2D eigenvalue weighted by Crippen LogP contribution is -2.60. The molecule has 1 aliphatic heterocycles. The Balaban J connectivity index is 2.32. The summed E-state index contributed by atoms with van der Waals surface area (Å²) in [6.45, 7) is 4.63. The Bertz CT molecular complexity index is 821. The number of sulfonamides is 1. The molecule has 1 atom stereocenters. The number of methoxy groups -OCH3 is 1. The molecule has 0 saturated carbocycles. The van der Waals surface area contributed by atoms with Gasteiger partial charge in [-0.1, -0.05) is 12.1 Å². The second-order valence-electron chi connectivity index (χ2n) is 7.01. The van der Waals surface area contributed by atoms with Crippen LogP contribution in [-0.2, 0) is 24.3 Å². The van der Waals surface area contributed by atoms with Crippen molar-refractivity contribution >= 4 is 22.1 Å². The molecule has 1 saturated heterocycles. The molecule has 1 aliphatic rings. The van der Waals surface area contributed by atoms with Crippen LogP contribution >= 0.6 is 0 Å². The molecule has 1 aromatic carbocycles. The minimum absolute atomic E-state index is 0.00388. The van der Waals surface area contributed by atoms with Gasteiger partial charge in [0.2, 0.25) is 10.0 Å². The average Bonchev–Trinajstić information content (AvgIpc) is 2.59. The zero-order valence-corrected chi connectivity index (χ0v) is 16.5. The van der Waals surface area contributed by atoms with Crippen LogP contribution in [0.2, 0.25) is 0 Å². The molecule has 0 radical (unpaired) electrons. The first-order valence-corrected chi connectivity index (χ1v) is 9.73. The smallest absolute Gasteiger partial charge is 0.410 e. The van der Waals surface area contributed by atoms with Gasteiger partial charge in [0, 0.05) is 13.1 Å². The summed E-state index contributed by atoms with van der Waals surface area (Å²) in [5.41, 5.74) is -0.742. The Labute approximate surface area is 157 Å². The summed E-state index contributed by atoms with van der Waals surface area (Å²) in [6.07, 6.45) is -0.667. The third kappa shape index (κ3) is 4.75. The number of amides is 1. The van der Waals surface area contributed by atoms with E-state index in [1.807, 2.05) is 0 Å². The van der Waals surface area contributed by atoms with Crippen LogP contribution in [0, 0.1) is 5.82 Å². The molecule has 8 nitrogen and oxygen atoms in total. The monoisotopic (exact) mass is 402 g/mol. The van der Waals surface area contributed by atoms with Crippen LogP contribution < -0.4 is 0 Å². The summed E-state index contributed by atoms with van der Waals surface area (Å²) >= 11 is 0. The molecule has 1 amide bonds. The van der Waals surface area contributed by atoms with Gasteiger partial charge in [0.15, 0.2) is 0 Å². The SMILES string of the molecule is COC(=O)C1CN(C(=O)OC(C)(C)C)CCN1S(=O)(=O)c1ccccc1F. The van der Waals surface area contributed by atoms with E-state index in [1.165, 1.54) is 17.0 Å². The quantitative estimate of drug-likeness (QED) is 0.713. The first-order valence-electron chi connectivity index (χ1n) is 8.29. The number of piperazine rings is 1. The Morgan fingerprint density at radius 3 is 2.37 bits per heavy atom. The minimum atomic E-state index is -4.30. The zero-order valence-electron chi connectivity index (χ0n) is 15.6. The van der Waals surface area contributed by atoms with Crippen LogP contribution in [0.25, 0.3) is 0 Å². The lowest BCUT2D eigenvalue weighted by molar-refractivity contribution is -0.146. The van der Waals surface area contributed by atoms with Gasteiger partial charge < -0.3 is 14.4 Å². The molecule has 1 unspecified atom stereocenters. The van der Waals surface area contributed by atoms with Gasteiger partial charge in [-0.25, -0.2) is 17.6 Å². The Morgan fingerprint density at radius 2 is 1.81 bits per heavy atom. The molecular weight excluding hydrogens is 379 g/mol. The number of esters is 1. The van der Waals surface area contributed by atoms with Gasteiger partial charge in [0.25, 0.3) is 0 Å². The normalized spacial score (nSPS) is 18.9. The van der Waals surface area contributed by atoms with Crippen molar-refractivity contribution in [3.63, 3.8) is 0 Å². The number of hydrogen-bond donors (Lipinski definition) is 0. The predicted octanol–water partition coefficient (Wildman–Crippen LogP) is 1.61. The molecule has 1 aromatic rings. The highest BCUT2D eigenvalue weighted by molar-refractivity contribution is 7.89. The van der Waals surface area contributed by atoms with Crippen LogP contribution in [0.3, 0.4) is 0 Å². The van der Waals surface area contributed by atoms with Gasteiger partial charge in [-0.05, 0) is 32.9 Å². The standard InChI is InChI=1S/C17H23FN2O6S/c1-17(2,3)26-16(22)19-9-10-20(13(11-19)15(21)25-4)27(23,24)14-8-6-5-7-12(14)18/h5-8,13H,9-11H2,1-4H3. The molecular formula is C17H23FN2O6S. The molecule has 10 heteroatoms. The number of benzene rings is 1. The van der Waals surface area contributed by atoms with Gasteiger partial charge in [-0.3, -0.25) is 4.79 Å². The maximum Gasteiger partial charge on any atom is 0.410 e. The number of ether oxygens (including phenoxy) is 2. The van der Waals surface area contributed by atoms with E-state index in [9.17, 15) is 22.4 Å². The van der Waals surface area contributed by atoms with E-state index in [1.54, 1.807) is 20.8 Å². The van der Waals surface area contributed by atoms with Crippen molar-refractivity contribution in [1.82, 2.24) is 9.21 Å². The van der Waals surface area contributed by atoms with Gasteiger partial charge in [-0.15, -0.1) is 0 Å². The van der Waals surface area contributed by atoms with Crippen molar-refractivity contribution in [2.45, 2.75) is 37.3 Å². The van der Waals surface area contributed by atoms with Crippen molar-refractivity contribution in [3.8, 4) is 0 Å². The van der Waals surface area contributed by atoms with Crippen LogP contribution in [-0.4, -0.2) is 68.1 Å². The second-order valence-corrected chi connectivity index (χ2v) is 8.87. The van der Waals surface area contributed by atoms with Gasteiger partial charge >= 0.3 is 12.1 Å². The van der Waals surface area contributed by atoms with E-state index >= 15 is 0 Å². The molecule has 1 fully saturated rings. The molecule has 2 rings (SSSR count). The van der Waals surface area contributed by atoms with E-state index in [-0.39, 0.29) is 19.6 Å². The molecule has 1 heterocycles. The number of hydrogen-bond acceptors (Lipinski definition) is 6. The van der Waals surface area contributed by atoms with E-state index in [2.05, 4.69) is 0 Å². The highest BCUT2D eigenvalue weighted by Gasteiger charge is 2.43. The van der Waals surface area contributed by atoms with Crippen molar-refractivity contribution in [2.75, 3.05) is 26.7 Å². The Kier molecular flexibility index (Phi) is 6.10. The van der Waals surface area contributed by atoms with Crippen LogP contribution in [0.15, 0.2) is 29.2 Å².